The Kier molecular flexibility index (Phi) is 4.79. The fourth-order valence-electron chi connectivity index (χ4n) is 1.86. The van der Waals surface area contributed by atoms with Gasteiger partial charge in [-0.3, -0.25) is 0 Å². The molecule has 0 radical (unpaired) electrons. The highest BCUT2D eigenvalue weighted by atomic mass is 79.9. The maximum Gasteiger partial charge on any atom is 0.133 e. The van der Waals surface area contributed by atoms with E-state index in [0.29, 0.717) is 0 Å². The van der Waals surface area contributed by atoms with Gasteiger partial charge in [0.1, 0.15) is 18.8 Å². The summed E-state index contributed by atoms with van der Waals surface area (Å²) >= 11 is 3.51. The van der Waals surface area contributed by atoms with Gasteiger partial charge in [-0.25, -0.2) is 0 Å². The highest BCUT2D eigenvalue weighted by Crippen LogP contribution is 2.25. The number of benzene rings is 2. The van der Waals surface area contributed by atoms with Crippen molar-refractivity contribution < 1.29 is 10.1 Å². The standard InChI is InChI=1S/C15H16BrNO/c1-18-15-8-7-13(9-14(15)16)11-17-10-12-5-3-2-4-6-12/h2-9,17H,10-11H2,1H3/p+1. The van der Waals surface area contributed by atoms with Crippen molar-refractivity contribution in [2.45, 2.75) is 13.1 Å². The van der Waals surface area contributed by atoms with Gasteiger partial charge in [-0.15, -0.1) is 0 Å². The molecular weight excluding hydrogens is 290 g/mol. The van der Waals surface area contributed by atoms with Gasteiger partial charge in [0.2, 0.25) is 0 Å². The van der Waals surface area contributed by atoms with E-state index < -0.39 is 0 Å². The number of nitrogens with two attached hydrogens (primary N) is 1. The van der Waals surface area contributed by atoms with Crippen LogP contribution in [0.15, 0.2) is 53.0 Å². The number of quaternary nitrogens is 1. The molecule has 0 aliphatic carbocycles. The van der Waals surface area contributed by atoms with E-state index in [1.165, 1.54) is 11.1 Å². The van der Waals surface area contributed by atoms with Crippen LogP contribution in [0.4, 0.5) is 0 Å². The molecule has 0 bridgehead atoms. The van der Waals surface area contributed by atoms with Crippen LogP contribution in [0.25, 0.3) is 0 Å². The summed E-state index contributed by atoms with van der Waals surface area (Å²) in [5, 5.41) is 2.30. The zero-order valence-corrected chi connectivity index (χ0v) is 12.0. The topological polar surface area (TPSA) is 25.8 Å². The fourth-order valence-corrected chi connectivity index (χ4v) is 2.44. The summed E-state index contributed by atoms with van der Waals surface area (Å²) in [6, 6.07) is 16.7. The van der Waals surface area contributed by atoms with E-state index >= 15 is 0 Å². The van der Waals surface area contributed by atoms with Gasteiger partial charge < -0.3 is 10.1 Å². The van der Waals surface area contributed by atoms with Crippen LogP contribution in [0.2, 0.25) is 0 Å². The average molecular weight is 307 g/mol. The van der Waals surface area contributed by atoms with Crippen molar-refractivity contribution in [1.82, 2.24) is 0 Å². The first-order chi connectivity index (χ1) is 8.79. The number of rotatable bonds is 5. The van der Waals surface area contributed by atoms with Crippen molar-refractivity contribution in [3.05, 3.63) is 64.1 Å². The largest absolute Gasteiger partial charge is 0.496 e. The minimum absolute atomic E-state index is 0.877. The molecule has 0 amide bonds. The maximum absolute atomic E-state index is 5.22. The van der Waals surface area contributed by atoms with Crippen molar-refractivity contribution in [1.29, 1.82) is 0 Å². The van der Waals surface area contributed by atoms with Gasteiger partial charge in [-0.1, -0.05) is 30.3 Å². The second kappa shape index (κ2) is 6.57. The SMILES string of the molecule is COc1ccc(C[NH2+]Cc2ccccc2)cc1Br. The van der Waals surface area contributed by atoms with E-state index in [0.717, 1.165) is 23.3 Å². The van der Waals surface area contributed by atoms with E-state index in [2.05, 4.69) is 57.6 Å². The maximum atomic E-state index is 5.22. The quantitative estimate of drug-likeness (QED) is 0.903. The van der Waals surface area contributed by atoms with Crippen LogP contribution in [0.5, 0.6) is 5.75 Å². The molecule has 0 unspecified atom stereocenters. The summed E-state index contributed by atoms with van der Waals surface area (Å²) in [6.45, 7) is 1.97. The summed E-state index contributed by atoms with van der Waals surface area (Å²) < 4.78 is 6.23. The van der Waals surface area contributed by atoms with Crippen molar-refractivity contribution in [2.75, 3.05) is 7.11 Å². The Balaban J connectivity index is 1.89. The van der Waals surface area contributed by atoms with Gasteiger partial charge in [0.25, 0.3) is 0 Å². The molecule has 0 atom stereocenters. The second-order valence-electron chi connectivity index (χ2n) is 4.15. The molecule has 2 nitrogen and oxygen atoms in total. The first kappa shape index (κ1) is 13.1. The smallest absolute Gasteiger partial charge is 0.133 e. The Morgan fingerprint density at radius 3 is 2.39 bits per heavy atom. The second-order valence-corrected chi connectivity index (χ2v) is 5.01. The highest BCUT2D eigenvalue weighted by Gasteiger charge is 2.02. The van der Waals surface area contributed by atoms with E-state index in [9.17, 15) is 0 Å². The van der Waals surface area contributed by atoms with Crippen molar-refractivity contribution in [3.8, 4) is 5.75 Å². The predicted molar refractivity (Wildman–Crippen MR) is 76.5 cm³/mol. The number of ether oxygens (including phenoxy) is 1. The molecular formula is C15H17BrNO+. The van der Waals surface area contributed by atoms with E-state index in [1.54, 1.807) is 7.11 Å². The van der Waals surface area contributed by atoms with Gasteiger partial charge in [-0.05, 0) is 34.1 Å². The van der Waals surface area contributed by atoms with Crippen LogP contribution in [0.3, 0.4) is 0 Å². The zero-order chi connectivity index (χ0) is 12.8. The third kappa shape index (κ3) is 3.59. The van der Waals surface area contributed by atoms with Crippen molar-refractivity contribution >= 4 is 15.9 Å². The summed E-state index contributed by atoms with van der Waals surface area (Å²) in [6.07, 6.45) is 0. The fraction of sp³-hybridized carbons (Fsp3) is 0.200. The van der Waals surface area contributed by atoms with Crippen LogP contribution in [0.1, 0.15) is 11.1 Å². The Bertz CT molecular complexity index is 499. The molecule has 2 rings (SSSR count). The van der Waals surface area contributed by atoms with E-state index in [4.69, 9.17) is 4.74 Å². The summed E-state index contributed by atoms with van der Waals surface area (Å²) in [5.41, 5.74) is 2.64. The Labute approximate surface area is 116 Å². The van der Waals surface area contributed by atoms with Crippen LogP contribution in [-0.2, 0) is 13.1 Å². The van der Waals surface area contributed by atoms with Gasteiger partial charge in [-0.2, -0.15) is 0 Å². The molecule has 0 spiro atoms. The molecule has 0 saturated carbocycles. The average Bonchev–Trinajstić information content (AvgIpc) is 2.40. The summed E-state index contributed by atoms with van der Waals surface area (Å²) in [7, 11) is 1.68. The van der Waals surface area contributed by atoms with Crippen LogP contribution < -0.4 is 10.1 Å². The van der Waals surface area contributed by atoms with Crippen LogP contribution >= 0.6 is 15.9 Å². The van der Waals surface area contributed by atoms with Crippen molar-refractivity contribution in [3.63, 3.8) is 0 Å². The van der Waals surface area contributed by atoms with Crippen LogP contribution in [0, 0.1) is 0 Å². The third-order valence-corrected chi connectivity index (χ3v) is 3.44. The van der Waals surface area contributed by atoms with E-state index in [1.807, 2.05) is 12.1 Å². The van der Waals surface area contributed by atoms with Crippen LogP contribution in [-0.4, -0.2) is 7.11 Å². The van der Waals surface area contributed by atoms with Gasteiger partial charge in [0.15, 0.2) is 0 Å². The molecule has 0 fully saturated rings. The number of methoxy groups -OCH3 is 1. The lowest BCUT2D eigenvalue weighted by Gasteiger charge is -2.06. The van der Waals surface area contributed by atoms with Gasteiger partial charge in [0, 0.05) is 11.1 Å². The lowest BCUT2D eigenvalue weighted by atomic mass is 10.2. The first-order valence-electron chi connectivity index (χ1n) is 5.97. The molecule has 0 aliphatic rings. The van der Waals surface area contributed by atoms with Crippen molar-refractivity contribution in [2.24, 2.45) is 0 Å². The summed E-state index contributed by atoms with van der Waals surface area (Å²) in [4.78, 5) is 0. The number of hydrogen-bond acceptors (Lipinski definition) is 1. The molecule has 0 heterocycles. The summed E-state index contributed by atoms with van der Waals surface area (Å²) in [5.74, 6) is 0.877. The monoisotopic (exact) mass is 306 g/mol. The minimum Gasteiger partial charge on any atom is -0.496 e. The van der Waals surface area contributed by atoms with E-state index in [-0.39, 0.29) is 0 Å². The molecule has 2 aromatic carbocycles. The lowest BCUT2D eigenvalue weighted by molar-refractivity contribution is -0.686. The normalized spacial score (nSPS) is 10.3. The molecule has 0 aliphatic heterocycles. The predicted octanol–water partition coefficient (Wildman–Crippen LogP) is 2.72. The molecule has 2 N–H and O–H groups in total. The molecule has 3 heteroatoms. The minimum atomic E-state index is 0.877. The third-order valence-electron chi connectivity index (χ3n) is 2.82. The Hall–Kier alpha value is -1.32. The molecule has 94 valence electrons. The number of hydrogen-bond donors (Lipinski definition) is 1. The Morgan fingerprint density at radius 1 is 1.00 bits per heavy atom. The lowest BCUT2D eigenvalue weighted by Crippen LogP contribution is -2.80. The first-order valence-corrected chi connectivity index (χ1v) is 6.77. The Morgan fingerprint density at radius 2 is 1.72 bits per heavy atom. The van der Waals surface area contributed by atoms with Gasteiger partial charge in [0.05, 0.1) is 11.6 Å². The zero-order valence-electron chi connectivity index (χ0n) is 10.4. The highest BCUT2D eigenvalue weighted by molar-refractivity contribution is 9.10. The number of halogens is 1. The molecule has 18 heavy (non-hydrogen) atoms. The van der Waals surface area contributed by atoms with Gasteiger partial charge >= 0.3 is 0 Å². The molecule has 0 aromatic heterocycles. The molecule has 0 saturated heterocycles. The molecule has 2 aromatic rings.